The Morgan fingerprint density at radius 2 is 2.29 bits per heavy atom. The molecule has 0 bridgehead atoms. The molecule has 74 valence electrons. The number of aryl methyl sites for hydroxylation is 1. The maximum atomic E-state index is 10.9. The van der Waals surface area contributed by atoms with E-state index in [1.165, 1.54) is 13.0 Å². The normalized spacial score (nSPS) is 10.4. The Morgan fingerprint density at radius 3 is 2.79 bits per heavy atom. The molecule has 0 N–H and O–H groups in total. The van der Waals surface area contributed by atoms with Gasteiger partial charge in [-0.3, -0.25) is 4.79 Å². The molecule has 0 atom stereocenters. The summed E-state index contributed by atoms with van der Waals surface area (Å²) >= 11 is 0. The highest BCUT2D eigenvalue weighted by molar-refractivity contribution is 5.93. The largest absolute Gasteiger partial charge is 0.390 e. The maximum absolute atomic E-state index is 10.9. The van der Waals surface area contributed by atoms with Crippen molar-refractivity contribution >= 4 is 18.0 Å². The van der Waals surface area contributed by atoms with E-state index in [1.54, 1.807) is 17.1 Å². The number of rotatable bonds is 2. The van der Waals surface area contributed by atoms with E-state index in [-0.39, 0.29) is 0 Å². The minimum Gasteiger partial charge on any atom is -0.390 e. The Balaban J connectivity index is 2.55. The van der Waals surface area contributed by atoms with Crippen molar-refractivity contribution in [3.8, 4) is 0 Å². The third kappa shape index (κ3) is 3.22. The van der Waals surface area contributed by atoms with Gasteiger partial charge in [-0.2, -0.15) is 0 Å². The first-order valence-electron chi connectivity index (χ1n) is 3.96. The molecule has 0 aliphatic heterocycles. The van der Waals surface area contributed by atoms with Crippen LogP contribution in [0.25, 0.3) is 6.08 Å². The van der Waals surface area contributed by atoms with E-state index in [2.05, 4.69) is 9.72 Å². The van der Waals surface area contributed by atoms with E-state index < -0.39 is 11.9 Å². The van der Waals surface area contributed by atoms with E-state index in [9.17, 15) is 9.59 Å². The van der Waals surface area contributed by atoms with Crippen LogP contribution in [0.15, 0.2) is 18.6 Å². The molecule has 1 aromatic rings. The lowest BCUT2D eigenvalue weighted by atomic mass is 10.4. The second-order valence-corrected chi connectivity index (χ2v) is 2.71. The van der Waals surface area contributed by atoms with Crippen LogP contribution in [0.1, 0.15) is 12.6 Å². The lowest BCUT2D eigenvalue weighted by Crippen LogP contribution is -2.05. The molecule has 0 aliphatic carbocycles. The highest BCUT2D eigenvalue weighted by atomic mass is 16.6. The molecule has 0 radical (unpaired) electrons. The summed E-state index contributed by atoms with van der Waals surface area (Å²) in [4.78, 5) is 25.2. The molecule has 0 amide bonds. The Bertz CT molecular complexity index is 379. The van der Waals surface area contributed by atoms with Gasteiger partial charge in [0.1, 0.15) is 0 Å². The zero-order chi connectivity index (χ0) is 10.6. The van der Waals surface area contributed by atoms with Crippen LogP contribution in [-0.4, -0.2) is 21.5 Å². The molecule has 0 saturated heterocycles. The predicted molar refractivity (Wildman–Crippen MR) is 49.0 cm³/mol. The summed E-state index contributed by atoms with van der Waals surface area (Å²) < 4.78 is 6.03. The van der Waals surface area contributed by atoms with Gasteiger partial charge in [0, 0.05) is 26.2 Å². The van der Waals surface area contributed by atoms with Crippen LogP contribution in [0.2, 0.25) is 0 Å². The summed E-state index contributed by atoms with van der Waals surface area (Å²) in [5.41, 5.74) is 0.632. The molecule has 1 heterocycles. The molecule has 0 saturated carbocycles. The fraction of sp³-hybridized carbons (Fsp3) is 0.222. The van der Waals surface area contributed by atoms with Crippen molar-refractivity contribution in [2.45, 2.75) is 6.92 Å². The average molecular weight is 194 g/mol. The van der Waals surface area contributed by atoms with Gasteiger partial charge in [0.25, 0.3) is 0 Å². The molecule has 5 heteroatoms. The molecule has 0 spiro atoms. The van der Waals surface area contributed by atoms with Crippen LogP contribution < -0.4 is 0 Å². The Kier molecular flexibility index (Phi) is 3.17. The Labute approximate surface area is 81.0 Å². The van der Waals surface area contributed by atoms with E-state index in [1.807, 2.05) is 7.05 Å². The quantitative estimate of drug-likeness (QED) is 0.391. The summed E-state index contributed by atoms with van der Waals surface area (Å²) in [7, 11) is 1.82. The lowest BCUT2D eigenvalue weighted by Gasteiger charge is -1.91. The van der Waals surface area contributed by atoms with E-state index in [4.69, 9.17) is 0 Å². The highest BCUT2D eigenvalue weighted by Crippen LogP contribution is 1.97. The molecule has 0 aliphatic rings. The molecular weight excluding hydrogens is 184 g/mol. The first kappa shape index (κ1) is 10.2. The van der Waals surface area contributed by atoms with Crippen molar-refractivity contribution in [2.75, 3.05) is 0 Å². The third-order valence-electron chi connectivity index (χ3n) is 1.36. The number of nitrogens with zero attached hydrogens (tertiary/aromatic N) is 2. The number of carbonyl (C=O) groups is 2. The van der Waals surface area contributed by atoms with Crippen LogP contribution in [0, 0.1) is 0 Å². The van der Waals surface area contributed by atoms with Crippen molar-refractivity contribution in [1.29, 1.82) is 0 Å². The van der Waals surface area contributed by atoms with Crippen LogP contribution in [0.4, 0.5) is 0 Å². The number of ether oxygens (including phenoxy) is 1. The summed E-state index contributed by atoms with van der Waals surface area (Å²) in [6.07, 6.45) is 5.97. The predicted octanol–water partition coefficient (Wildman–Crippen LogP) is 0.523. The van der Waals surface area contributed by atoms with Crippen molar-refractivity contribution in [1.82, 2.24) is 9.55 Å². The van der Waals surface area contributed by atoms with Crippen LogP contribution in [0.5, 0.6) is 0 Å². The SMILES string of the molecule is CC(=O)OC(=O)/C=C/c1cn(C)cn1. The molecular formula is C9H10N2O3. The number of imidazole rings is 1. The maximum Gasteiger partial charge on any atom is 0.338 e. The topological polar surface area (TPSA) is 61.2 Å². The average Bonchev–Trinajstić information content (AvgIpc) is 2.47. The van der Waals surface area contributed by atoms with E-state index >= 15 is 0 Å². The molecule has 1 aromatic heterocycles. The van der Waals surface area contributed by atoms with Gasteiger partial charge in [0.2, 0.25) is 0 Å². The van der Waals surface area contributed by atoms with E-state index in [0.717, 1.165) is 6.08 Å². The minimum atomic E-state index is -0.692. The molecule has 0 fully saturated rings. The Morgan fingerprint density at radius 1 is 1.57 bits per heavy atom. The van der Waals surface area contributed by atoms with E-state index in [0.29, 0.717) is 5.69 Å². The second-order valence-electron chi connectivity index (χ2n) is 2.71. The molecule has 0 aromatic carbocycles. The Hall–Kier alpha value is -1.91. The zero-order valence-corrected chi connectivity index (χ0v) is 7.93. The summed E-state index contributed by atoms with van der Waals surface area (Å²) in [6, 6.07) is 0. The van der Waals surface area contributed by atoms with Gasteiger partial charge in [-0.15, -0.1) is 0 Å². The lowest BCUT2D eigenvalue weighted by molar-refractivity contribution is -0.154. The van der Waals surface area contributed by atoms with Crippen LogP contribution >= 0.6 is 0 Å². The van der Waals surface area contributed by atoms with Gasteiger partial charge >= 0.3 is 11.9 Å². The van der Waals surface area contributed by atoms with Gasteiger partial charge < -0.3 is 9.30 Å². The number of hydrogen-bond donors (Lipinski definition) is 0. The monoisotopic (exact) mass is 194 g/mol. The molecule has 1 rings (SSSR count). The molecule has 0 unspecified atom stereocenters. The fourth-order valence-corrected chi connectivity index (χ4v) is 0.848. The highest BCUT2D eigenvalue weighted by Gasteiger charge is 2.00. The minimum absolute atomic E-state index is 0.624. The second kappa shape index (κ2) is 4.36. The van der Waals surface area contributed by atoms with Gasteiger partial charge in [0.05, 0.1) is 12.0 Å². The fourth-order valence-electron chi connectivity index (χ4n) is 0.848. The third-order valence-corrected chi connectivity index (χ3v) is 1.36. The standard InChI is InChI=1S/C9H10N2O3/c1-7(12)14-9(13)4-3-8-5-11(2)6-10-8/h3-6H,1-2H3/b4-3+. The number of aromatic nitrogens is 2. The van der Waals surface area contributed by atoms with Crippen LogP contribution in [-0.2, 0) is 21.4 Å². The van der Waals surface area contributed by atoms with Crippen molar-refractivity contribution in [3.05, 3.63) is 24.3 Å². The number of hydrogen-bond acceptors (Lipinski definition) is 4. The summed E-state index contributed by atoms with van der Waals surface area (Å²) in [5, 5.41) is 0. The molecule has 14 heavy (non-hydrogen) atoms. The van der Waals surface area contributed by atoms with Gasteiger partial charge in [-0.25, -0.2) is 9.78 Å². The van der Waals surface area contributed by atoms with Crippen molar-refractivity contribution in [3.63, 3.8) is 0 Å². The van der Waals surface area contributed by atoms with Gasteiger partial charge in [-0.05, 0) is 6.08 Å². The summed E-state index contributed by atoms with van der Waals surface area (Å²) in [6.45, 7) is 1.17. The summed E-state index contributed by atoms with van der Waals surface area (Å²) in [5.74, 6) is -1.32. The zero-order valence-electron chi connectivity index (χ0n) is 7.93. The van der Waals surface area contributed by atoms with Crippen molar-refractivity contribution in [2.24, 2.45) is 7.05 Å². The van der Waals surface area contributed by atoms with Gasteiger partial charge in [0.15, 0.2) is 0 Å². The van der Waals surface area contributed by atoms with Gasteiger partial charge in [-0.1, -0.05) is 0 Å². The number of carbonyl (C=O) groups excluding carboxylic acids is 2. The van der Waals surface area contributed by atoms with Crippen LogP contribution in [0.3, 0.4) is 0 Å². The first-order chi connectivity index (χ1) is 6.58. The van der Waals surface area contributed by atoms with Crippen molar-refractivity contribution < 1.29 is 14.3 Å². The first-order valence-corrected chi connectivity index (χ1v) is 3.96. The molecule has 5 nitrogen and oxygen atoms in total. The number of esters is 2. The smallest absolute Gasteiger partial charge is 0.338 e.